The van der Waals surface area contributed by atoms with Crippen LogP contribution in [-0.2, 0) is 16.0 Å². The molecule has 0 saturated carbocycles. The van der Waals surface area contributed by atoms with Gasteiger partial charge in [0.1, 0.15) is 0 Å². The zero-order valence-corrected chi connectivity index (χ0v) is 24.3. The van der Waals surface area contributed by atoms with Crippen molar-refractivity contribution in [3.8, 4) is 11.5 Å². The molecule has 4 rings (SSSR count). The summed E-state index contributed by atoms with van der Waals surface area (Å²) in [7, 11) is 1.62. The van der Waals surface area contributed by atoms with Gasteiger partial charge in [0, 0.05) is 24.2 Å². The van der Waals surface area contributed by atoms with Crippen molar-refractivity contribution in [2.75, 3.05) is 18.6 Å². The molecule has 39 heavy (non-hydrogen) atoms. The van der Waals surface area contributed by atoms with E-state index in [0.29, 0.717) is 23.1 Å². The lowest BCUT2D eigenvalue weighted by Crippen LogP contribution is -2.41. The smallest absolute Gasteiger partial charge is 0.232 e. The highest BCUT2D eigenvalue weighted by Crippen LogP contribution is 2.44. The number of amides is 2. The molecule has 0 bridgehead atoms. The van der Waals surface area contributed by atoms with Crippen LogP contribution >= 0.6 is 11.6 Å². The number of halogens is 1. The average molecular weight is 549 g/mol. The summed E-state index contributed by atoms with van der Waals surface area (Å²) in [6, 6.07) is 19.0. The number of fused-ring (bicyclic) bond motifs is 1. The zero-order chi connectivity index (χ0) is 28.3. The van der Waals surface area contributed by atoms with Gasteiger partial charge in [0.15, 0.2) is 11.5 Å². The molecule has 206 valence electrons. The molecule has 3 aromatic rings. The van der Waals surface area contributed by atoms with Gasteiger partial charge in [-0.1, -0.05) is 42.8 Å². The van der Waals surface area contributed by atoms with Gasteiger partial charge in [0.2, 0.25) is 11.8 Å². The first-order chi connectivity index (χ1) is 18.7. The largest absolute Gasteiger partial charge is 0.493 e. The predicted molar refractivity (Wildman–Crippen MR) is 156 cm³/mol. The molecule has 1 aliphatic heterocycles. The molecule has 1 heterocycles. The van der Waals surface area contributed by atoms with Crippen LogP contribution in [0.3, 0.4) is 0 Å². The number of hydrogen-bond acceptors (Lipinski definition) is 4. The van der Waals surface area contributed by atoms with Crippen molar-refractivity contribution < 1.29 is 19.1 Å². The number of anilines is 1. The fourth-order valence-corrected chi connectivity index (χ4v) is 5.36. The van der Waals surface area contributed by atoms with Crippen LogP contribution in [0.4, 0.5) is 5.69 Å². The van der Waals surface area contributed by atoms with Gasteiger partial charge < -0.3 is 19.3 Å². The molecule has 7 heteroatoms. The van der Waals surface area contributed by atoms with Crippen molar-refractivity contribution in [2.24, 2.45) is 0 Å². The molecule has 0 spiro atoms. The summed E-state index contributed by atoms with van der Waals surface area (Å²) in [4.78, 5) is 29.5. The average Bonchev–Trinajstić information content (AvgIpc) is 2.93. The Bertz CT molecular complexity index is 1320. The predicted octanol–water partition coefficient (Wildman–Crippen LogP) is 7.13. The summed E-state index contributed by atoms with van der Waals surface area (Å²) in [6.45, 7) is 10.3. The Morgan fingerprint density at radius 1 is 1.05 bits per heavy atom. The van der Waals surface area contributed by atoms with Gasteiger partial charge in [-0.15, -0.1) is 0 Å². The van der Waals surface area contributed by atoms with E-state index < -0.39 is 0 Å². The number of carbonyl (C=O) groups excluding carboxylic acids is 2. The number of carbonyl (C=O) groups is 2. The Hall–Kier alpha value is -3.51. The van der Waals surface area contributed by atoms with Crippen molar-refractivity contribution in [1.82, 2.24) is 4.90 Å². The maximum absolute atomic E-state index is 13.8. The Balaban J connectivity index is 1.82. The van der Waals surface area contributed by atoms with Gasteiger partial charge in [-0.3, -0.25) is 9.59 Å². The van der Waals surface area contributed by atoms with Crippen LogP contribution in [0, 0.1) is 0 Å². The second-order valence-corrected chi connectivity index (χ2v) is 10.4. The highest BCUT2D eigenvalue weighted by atomic mass is 35.5. The molecule has 2 amide bonds. The van der Waals surface area contributed by atoms with Gasteiger partial charge in [-0.05, 0) is 85.8 Å². The van der Waals surface area contributed by atoms with Crippen molar-refractivity contribution >= 4 is 29.1 Å². The summed E-state index contributed by atoms with van der Waals surface area (Å²) in [5.74, 6) is 1.30. The second-order valence-electron chi connectivity index (χ2n) is 10.0. The van der Waals surface area contributed by atoms with Crippen LogP contribution in [0.25, 0.3) is 0 Å². The van der Waals surface area contributed by atoms with E-state index in [2.05, 4.69) is 6.92 Å². The molecule has 0 radical (unpaired) electrons. The molecule has 3 aromatic carbocycles. The Morgan fingerprint density at radius 3 is 2.28 bits per heavy atom. The minimum atomic E-state index is -0.378. The lowest BCUT2D eigenvalue weighted by atomic mass is 9.86. The minimum absolute atomic E-state index is 0.0134. The van der Waals surface area contributed by atoms with Crippen molar-refractivity contribution in [3.63, 3.8) is 0 Å². The van der Waals surface area contributed by atoms with Crippen LogP contribution < -0.4 is 14.4 Å². The third-order valence-corrected chi connectivity index (χ3v) is 7.80. The number of methoxy groups -OCH3 is 1. The van der Waals surface area contributed by atoms with Crippen LogP contribution in [0.5, 0.6) is 11.5 Å². The minimum Gasteiger partial charge on any atom is -0.493 e. The van der Waals surface area contributed by atoms with Crippen LogP contribution in [0.2, 0.25) is 5.02 Å². The number of benzene rings is 3. The highest BCUT2D eigenvalue weighted by Gasteiger charge is 2.36. The van der Waals surface area contributed by atoms with E-state index in [9.17, 15) is 9.59 Å². The Labute approximate surface area is 236 Å². The lowest BCUT2D eigenvalue weighted by Gasteiger charge is -2.38. The van der Waals surface area contributed by atoms with Gasteiger partial charge >= 0.3 is 0 Å². The molecule has 0 aliphatic carbocycles. The van der Waals surface area contributed by atoms with E-state index in [4.69, 9.17) is 21.1 Å². The topological polar surface area (TPSA) is 59.1 Å². The molecule has 0 N–H and O–H groups in total. The van der Waals surface area contributed by atoms with E-state index in [1.807, 2.05) is 91.2 Å². The van der Waals surface area contributed by atoms with Crippen molar-refractivity contribution in [2.45, 2.75) is 65.6 Å². The maximum atomic E-state index is 13.8. The summed E-state index contributed by atoms with van der Waals surface area (Å²) in [5.41, 5.74) is 4.64. The van der Waals surface area contributed by atoms with Crippen LogP contribution in [0.15, 0.2) is 60.7 Å². The fourth-order valence-electron chi connectivity index (χ4n) is 5.24. The van der Waals surface area contributed by atoms with Gasteiger partial charge in [0.25, 0.3) is 0 Å². The van der Waals surface area contributed by atoms with Crippen molar-refractivity contribution in [1.29, 1.82) is 0 Å². The maximum Gasteiger partial charge on any atom is 0.232 e. The number of hydrogen-bond donors (Lipinski definition) is 0. The van der Waals surface area contributed by atoms with E-state index in [1.165, 1.54) is 0 Å². The SMILES string of the molecule is CCC(C)Oc1cc2c(cc1OC)CC(=O)N(c1ccc([C@H](C)N(CC)C(C)=O)cc1)[C@@H]2c1ccc(Cl)cc1. The van der Waals surface area contributed by atoms with Crippen molar-refractivity contribution in [3.05, 3.63) is 87.9 Å². The van der Waals surface area contributed by atoms with Gasteiger partial charge in [-0.2, -0.15) is 0 Å². The number of ether oxygens (including phenoxy) is 2. The standard InChI is InChI=1S/C32H37ClN2O4/c1-7-20(3)39-30-19-28-25(17-29(30)38-6)18-31(37)35(32(28)24-9-13-26(33)14-10-24)27-15-11-23(12-16-27)21(4)34(8-2)22(5)36/h9-17,19-21,32H,7-8,18H2,1-6H3/t20?,21-,32+/m0/s1. The fraction of sp³-hybridized carbons (Fsp3) is 0.375. The summed E-state index contributed by atoms with van der Waals surface area (Å²) < 4.78 is 11.9. The zero-order valence-electron chi connectivity index (χ0n) is 23.5. The van der Waals surface area contributed by atoms with E-state index >= 15 is 0 Å². The molecule has 0 aromatic heterocycles. The first kappa shape index (κ1) is 28.5. The van der Waals surface area contributed by atoms with Gasteiger partial charge in [0.05, 0.1) is 31.7 Å². The molecule has 0 saturated heterocycles. The Morgan fingerprint density at radius 2 is 1.72 bits per heavy atom. The summed E-state index contributed by atoms with van der Waals surface area (Å²) in [5, 5.41) is 0.632. The lowest BCUT2D eigenvalue weighted by molar-refractivity contribution is -0.130. The molecular formula is C32H37ClN2O4. The van der Waals surface area contributed by atoms with Crippen LogP contribution in [0.1, 0.15) is 75.4 Å². The molecule has 6 nitrogen and oxygen atoms in total. The third-order valence-electron chi connectivity index (χ3n) is 7.54. The quantitative estimate of drug-likeness (QED) is 0.285. The Kier molecular flexibility index (Phi) is 8.86. The van der Waals surface area contributed by atoms with E-state index in [1.54, 1.807) is 14.0 Å². The van der Waals surface area contributed by atoms with E-state index in [0.717, 1.165) is 34.4 Å². The molecular weight excluding hydrogens is 512 g/mol. The monoisotopic (exact) mass is 548 g/mol. The summed E-state index contributed by atoms with van der Waals surface area (Å²) >= 11 is 6.23. The molecule has 0 fully saturated rings. The van der Waals surface area contributed by atoms with Crippen LogP contribution in [-0.4, -0.2) is 36.5 Å². The number of rotatable bonds is 9. The first-order valence-electron chi connectivity index (χ1n) is 13.5. The molecule has 1 aliphatic rings. The molecule has 1 unspecified atom stereocenters. The van der Waals surface area contributed by atoms with Gasteiger partial charge in [-0.25, -0.2) is 0 Å². The summed E-state index contributed by atoms with van der Waals surface area (Å²) in [6.07, 6.45) is 1.11. The van der Waals surface area contributed by atoms with E-state index in [-0.39, 0.29) is 36.4 Å². The normalized spacial score (nSPS) is 16.3. The molecule has 3 atom stereocenters. The first-order valence-corrected chi connectivity index (χ1v) is 13.9. The number of nitrogens with zero attached hydrogens (tertiary/aromatic N) is 2. The third kappa shape index (κ3) is 5.91. The highest BCUT2D eigenvalue weighted by molar-refractivity contribution is 6.30. The second kappa shape index (κ2) is 12.1.